The van der Waals surface area contributed by atoms with Crippen LogP contribution in [0.5, 0.6) is 0 Å². The molecule has 1 saturated heterocycles. The predicted octanol–water partition coefficient (Wildman–Crippen LogP) is 1.54. The maximum atomic E-state index is 11.6. The molecule has 1 aliphatic rings. The van der Waals surface area contributed by atoms with Gasteiger partial charge in [0.2, 0.25) is 5.91 Å². The van der Waals surface area contributed by atoms with Gasteiger partial charge in [-0.2, -0.15) is 0 Å². The monoisotopic (exact) mass is 204 g/mol. The number of furan rings is 1. The van der Waals surface area contributed by atoms with E-state index in [-0.39, 0.29) is 5.91 Å². The van der Waals surface area contributed by atoms with Crippen LogP contribution in [0.25, 0.3) is 11.1 Å². The van der Waals surface area contributed by atoms with Crippen LogP contribution in [0.4, 0.5) is 0 Å². The van der Waals surface area contributed by atoms with Gasteiger partial charge >= 0.3 is 0 Å². The summed E-state index contributed by atoms with van der Waals surface area (Å²) in [5.41, 5.74) is 1.78. The number of aromatic nitrogens is 1. The van der Waals surface area contributed by atoms with Crippen LogP contribution in [0.3, 0.4) is 0 Å². The predicted molar refractivity (Wildman–Crippen MR) is 55.5 cm³/mol. The lowest BCUT2D eigenvalue weighted by Gasteiger charge is -2.30. The Morgan fingerprint density at radius 2 is 2.40 bits per heavy atom. The summed E-state index contributed by atoms with van der Waals surface area (Å²) in [4.78, 5) is 16.6. The molecule has 1 fully saturated rings. The molecule has 3 rings (SSSR count). The van der Waals surface area contributed by atoms with Crippen LogP contribution in [0, 0.1) is 0 Å². The summed E-state index contributed by atoms with van der Waals surface area (Å²) in [5, 5.41) is 0. The average molecular weight is 204 g/mol. The van der Waals surface area contributed by atoms with Crippen molar-refractivity contribution in [2.45, 2.75) is 12.8 Å². The van der Waals surface area contributed by atoms with Crippen molar-refractivity contribution >= 4 is 17.0 Å². The zero-order valence-electron chi connectivity index (χ0n) is 8.32. The molecule has 4 heteroatoms. The van der Waals surface area contributed by atoms with E-state index < -0.39 is 0 Å². The number of nitrogens with zero attached hydrogens (tertiary/aromatic N) is 1. The Balaban J connectivity index is 1.76. The van der Waals surface area contributed by atoms with Gasteiger partial charge in [0, 0.05) is 25.4 Å². The van der Waals surface area contributed by atoms with Gasteiger partial charge in [0.05, 0.1) is 11.9 Å². The van der Waals surface area contributed by atoms with Gasteiger partial charge in [-0.15, -0.1) is 0 Å². The lowest BCUT2D eigenvalue weighted by atomic mass is 10.2. The second-order valence-corrected chi connectivity index (χ2v) is 3.88. The number of nitrogens with one attached hydrogen (secondary N) is 1. The van der Waals surface area contributed by atoms with Crippen molar-refractivity contribution in [2.75, 3.05) is 13.1 Å². The van der Waals surface area contributed by atoms with Crippen LogP contribution in [0.2, 0.25) is 0 Å². The lowest BCUT2D eigenvalue weighted by molar-refractivity contribution is -0.134. The number of fused-ring (bicyclic) bond motifs is 1. The molecule has 2 aromatic rings. The average Bonchev–Trinajstić information content (AvgIpc) is 2.58. The fourth-order valence-corrected chi connectivity index (χ4v) is 1.82. The van der Waals surface area contributed by atoms with Crippen molar-refractivity contribution in [1.29, 1.82) is 0 Å². The van der Waals surface area contributed by atoms with E-state index in [1.807, 2.05) is 23.2 Å². The number of amides is 1. The van der Waals surface area contributed by atoms with Gasteiger partial charge in [-0.25, -0.2) is 0 Å². The van der Waals surface area contributed by atoms with E-state index in [9.17, 15) is 4.79 Å². The standard InChI is InChI=1S/C11H12N2O2/c14-11(13-4-1-5-13)7-8-6-9-10(15-8)2-3-12-9/h2-3,6,12H,1,4-5,7H2. The van der Waals surface area contributed by atoms with Crippen molar-refractivity contribution in [3.8, 4) is 0 Å². The van der Waals surface area contributed by atoms with Gasteiger partial charge in [-0.3, -0.25) is 4.79 Å². The Kier molecular flexibility index (Phi) is 1.80. The van der Waals surface area contributed by atoms with E-state index in [2.05, 4.69) is 4.98 Å². The van der Waals surface area contributed by atoms with Gasteiger partial charge < -0.3 is 14.3 Å². The highest BCUT2D eigenvalue weighted by molar-refractivity contribution is 5.81. The number of carbonyl (C=O) groups is 1. The first-order valence-electron chi connectivity index (χ1n) is 5.16. The van der Waals surface area contributed by atoms with Crippen LogP contribution in [0.1, 0.15) is 12.2 Å². The maximum absolute atomic E-state index is 11.6. The van der Waals surface area contributed by atoms with E-state index in [0.717, 1.165) is 36.4 Å². The Morgan fingerprint density at radius 3 is 3.07 bits per heavy atom. The number of hydrogen-bond acceptors (Lipinski definition) is 2. The molecule has 0 unspecified atom stereocenters. The third-order valence-corrected chi connectivity index (χ3v) is 2.82. The molecule has 0 atom stereocenters. The molecule has 3 heterocycles. The summed E-state index contributed by atoms with van der Waals surface area (Å²) in [6.07, 6.45) is 3.34. The summed E-state index contributed by atoms with van der Waals surface area (Å²) in [6.45, 7) is 1.80. The molecular weight excluding hydrogens is 192 g/mol. The van der Waals surface area contributed by atoms with Crippen LogP contribution in [-0.2, 0) is 11.2 Å². The molecule has 2 aromatic heterocycles. The van der Waals surface area contributed by atoms with E-state index in [1.54, 1.807) is 0 Å². The van der Waals surface area contributed by atoms with E-state index >= 15 is 0 Å². The van der Waals surface area contributed by atoms with Gasteiger partial charge in [-0.05, 0) is 12.5 Å². The van der Waals surface area contributed by atoms with Crippen molar-refractivity contribution in [3.05, 3.63) is 24.1 Å². The Bertz CT molecular complexity index is 465. The summed E-state index contributed by atoms with van der Waals surface area (Å²) in [7, 11) is 0. The fraction of sp³-hybridized carbons (Fsp3) is 0.364. The number of rotatable bonds is 2. The molecule has 0 spiro atoms. The van der Waals surface area contributed by atoms with Crippen LogP contribution in [0.15, 0.2) is 22.7 Å². The molecule has 0 aliphatic carbocycles. The van der Waals surface area contributed by atoms with Crippen LogP contribution in [-0.4, -0.2) is 28.9 Å². The van der Waals surface area contributed by atoms with Gasteiger partial charge in [0.15, 0.2) is 5.58 Å². The van der Waals surface area contributed by atoms with Crippen molar-refractivity contribution in [1.82, 2.24) is 9.88 Å². The zero-order valence-corrected chi connectivity index (χ0v) is 8.32. The summed E-state index contributed by atoms with van der Waals surface area (Å²) < 4.78 is 5.52. The quantitative estimate of drug-likeness (QED) is 0.806. The second kappa shape index (κ2) is 3.15. The van der Waals surface area contributed by atoms with Gasteiger partial charge in [-0.1, -0.05) is 0 Å². The van der Waals surface area contributed by atoms with E-state index in [4.69, 9.17) is 4.42 Å². The van der Waals surface area contributed by atoms with Gasteiger partial charge in [0.25, 0.3) is 0 Å². The highest BCUT2D eigenvalue weighted by Gasteiger charge is 2.21. The number of H-pyrrole nitrogens is 1. The SMILES string of the molecule is O=C(Cc1cc2[nH]ccc2o1)N1CCC1. The molecule has 0 radical (unpaired) electrons. The normalized spacial score (nSPS) is 15.6. The third kappa shape index (κ3) is 1.42. The number of carbonyl (C=O) groups excluding carboxylic acids is 1. The molecule has 0 saturated carbocycles. The first-order chi connectivity index (χ1) is 7.33. The molecule has 0 bridgehead atoms. The smallest absolute Gasteiger partial charge is 0.230 e. The van der Waals surface area contributed by atoms with Crippen molar-refractivity contribution < 1.29 is 9.21 Å². The van der Waals surface area contributed by atoms with E-state index in [1.165, 1.54) is 0 Å². The minimum absolute atomic E-state index is 0.164. The van der Waals surface area contributed by atoms with Crippen LogP contribution >= 0.6 is 0 Å². The minimum Gasteiger partial charge on any atom is -0.459 e. The second-order valence-electron chi connectivity index (χ2n) is 3.88. The van der Waals surface area contributed by atoms with Crippen molar-refractivity contribution in [3.63, 3.8) is 0 Å². The van der Waals surface area contributed by atoms with Crippen molar-refractivity contribution in [2.24, 2.45) is 0 Å². The highest BCUT2D eigenvalue weighted by Crippen LogP contribution is 2.19. The Morgan fingerprint density at radius 1 is 1.53 bits per heavy atom. The maximum Gasteiger partial charge on any atom is 0.230 e. The topological polar surface area (TPSA) is 49.2 Å². The Hall–Kier alpha value is -1.71. The third-order valence-electron chi connectivity index (χ3n) is 2.82. The zero-order chi connectivity index (χ0) is 10.3. The molecule has 4 nitrogen and oxygen atoms in total. The highest BCUT2D eigenvalue weighted by atomic mass is 16.3. The molecular formula is C11H12N2O2. The molecule has 1 N–H and O–H groups in total. The fourth-order valence-electron chi connectivity index (χ4n) is 1.82. The lowest BCUT2D eigenvalue weighted by Crippen LogP contribution is -2.42. The number of aromatic amines is 1. The van der Waals surface area contributed by atoms with E-state index in [0.29, 0.717) is 6.42 Å². The molecule has 0 aromatic carbocycles. The number of likely N-dealkylation sites (tertiary alicyclic amines) is 1. The first-order valence-corrected chi connectivity index (χ1v) is 5.16. The minimum atomic E-state index is 0.164. The van der Waals surface area contributed by atoms with Crippen LogP contribution < -0.4 is 0 Å². The summed E-state index contributed by atoms with van der Waals surface area (Å²) in [5.74, 6) is 0.909. The largest absolute Gasteiger partial charge is 0.459 e. The molecule has 78 valence electrons. The molecule has 1 aliphatic heterocycles. The Labute approximate surface area is 86.9 Å². The molecule has 1 amide bonds. The first kappa shape index (κ1) is 8.59. The van der Waals surface area contributed by atoms with Gasteiger partial charge in [0.1, 0.15) is 5.76 Å². The molecule has 15 heavy (non-hydrogen) atoms. The summed E-state index contributed by atoms with van der Waals surface area (Å²) >= 11 is 0. The number of hydrogen-bond donors (Lipinski definition) is 1. The summed E-state index contributed by atoms with van der Waals surface area (Å²) in [6, 6.07) is 3.76.